The maximum Gasteiger partial charge on any atom is 0.0788 e. The first-order valence-electron chi connectivity index (χ1n) is 24.6. The van der Waals surface area contributed by atoms with E-state index >= 15 is 0 Å². The summed E-state index contributed by atoms with van der Waals surface area (Å²) in [5, 5.41) is 0. The van der Waals surface area contributed by atoms with Crippen molar-refractivity contribution in [2.45, 2.75) is 232 Å². The number of hydrogen-bond acceptors (Lipinski definition) is 2. The number of rotatable bonds is 41. The fourth-order valence-electron chi connectivity index (χ4n) is 9.57. The Bertz CT molecular complexity index is 657. The number of nitrogens with zero attached hydrogens (tertiary/aromatic N) is 2. The zero-order valence-electron chi connectivity index (χ0n) is 36.2. The molecule has 2 aliphatic heterocycles. The van der Waals surface area contributed by atoms with Gasteiger partial charge in [-0.25, -0.2) is 0 Å². The predicted octanol–water partition coefficient (Wildman–Crippen LogP) is 14.0. The van der Waals surface area contributed by atoms with Crippen LogP contribution in [0.3, 0.4) is 0 Å². The van der Waals surface area contributed by atoms with E-state index in [1.807, 2.05) is 0 Å². The molecule has 0 radical (unpaired) electrons. The molecule has 0 spiro atoms. The van der Waals surface area contributed by atoms with E-state index in [-0.39, 0.29) is 0 Å². The third-order valence-electron chi connectivity index (χ3n) is 13.5. The quantitative estimate of drug-likeness (QED) is 0.0460. The first-order chi connectivity index (χ1) is 25.7. The second-order valence-corrected chi connectivity index (χ2v) is 17.9. The summed E-state index contributed by atoms with van der Waals surface area (Å²) in [6.07, 6.45) is 48.1. The van der Waals surface area contributed by atoms with Crippen LogP contribution in [-0.2, 0) is 9.47 Å². The van der Waals surface area contributed by atoms with Crippen LogP contribution in [0, 0.1) is 0 Å². The molecule has 0 N–H and O–H groups in total. The van der Waals surface area contributed by atoms with Gasteiger partial charge in [0.1, 0.15) is 0 Å². The molecule has 0 aromatic carbocycles. The third-order valence-corrected chi connectivity index (χ3v) is 13.5. The molecule has 4 heteroatoms. The molecule has 0 saturated carbocycles. The molecule has 2 heterocycles. The normalized spacial score (nSPS) is 16.7. The van der Waals surface area contributed by atoms with Gasteiger partial charge in [-0.3, -0.25) is 0 Å². The maximum atomic E-state index is 5.92. The zero-order valence-corrected chi connectivity index (χ0v) is 36.2. The number of quaternary nitrogens is 2. The van der Waals surface area contributed by atoms with Crippen molar-refractivity contribution in [2.24, 2.45) is 0 Å². The van der Waals surface area contributed by atoms with Crippen molar-refractivity contribution in [3.63, 3.8) is 0 Å². The molecular weight excluding hydrogens is 637 g/mol. The van der Waals surface area contributed by atoms with Gasteiger partial charge in [0.2, 0.25) is 0 Å². The van der Waals surface area contributed by atoms with Gasteiger partial charge in [0, 0.05) is 52.1 Å². The molecule has 4 nitrogen and oxygen atoms in total. The molecule has 0 bridgehead atoms. The fourth-order valence-corrected chi connectivity index (χ4v) is 9.57. The lowest BCUT2D eigenvalue weighted by atomic mass is 10.1. The van der Waals surface area contributed by atoms with E-state index in [9.17, 15) is 0 Å². The minimum absolute atomic E-state index is 0.986. The molecule has 0 atom stereocenters. The lowest BCUT2D eigenvalue weighted by molar-refractivity contribution is -0.915. The van der Waals surface area contributed by atoms with Crippen LogP contribution >= 0.6 is 0 Å². The van der Waals surface area contributed by atoms with Crippen molar-refractivity contribution in [1.29, 1.82) is 0 Å². The molecule has 52 heavy (non-hydrogen) atoms. The zero-order chi connectivity index (χ0) is 36.9. The highest BCUT2D eigenvalue weighted by molar-refractivity contribution is 4.57. The van der Waals surface area contributed by atoms with Crippen LogP contribution in [-0.4, -0.2) is 87.8 Å². The van der Waals surface area contributed by atoms with Gasteiger partial charge in [-0.15, -0.1) is 0 Å². The van der Waals surface area contributed by atoms with Crippen LogP contribution in [0.4, 0.5) is 0 Å². The Morgan fingerprint density at radius 3 is 0.673 bits per heavy atom. The lowest BCUT2D eigenvalue weighted by Gasteiger charge is -2.33. The molecule has 2 aliphatic rings. The van der Waals surface area contributed by atoms with E-state index in [0.29, 0.717) is 0 Å². The van der Waals surface area contributed by atoms with Crippen molar-refractivity contribution >= 4 is 0 Å². The van der Waals surface area contributed by atoms with Gasteiger partial charge in [-0.05, 0) is 65.2 Å². The van der Waals surface area contributed by atoms with E-state index in [0.717, 1.165) is 26.4 Å². The second kappa shape index (κ2) is 35.3. The molecule has 0 aromatic rings. The molecular formula is C48H98N2O2+2. The van der Waals surface area contributed by atoms with E-state index in [4.69, 9.17) is 9.47 Å². The number of unbranched alkanes of at least 4 members (excludes halogenated alkanes) is 27. The topological polar surface area (TPSA) is 18.5 Å². The number of likely N-dealkylation sites (tertiary alicyclic amines) is 2. The van der Waals surface area contributed by atoms with Gasteiger partial charge in [0.05, 0.1) is 52.4 Å². The Morgan fingerprint density at radius 2 is 0.462 bits per heavy atom. The minimum atomic E-state index is 0.986. The van der Waals surface area contributed by atoms with Gasteiger partial charge in [-0.2, -0.15) is 0 Å². The molecule has 0 amide bonds. The highest BCUT2D eigenvalue weighted by atomic mass is 16.5. The fraction of sp³-hybridized carbons (Fsp3) is 1.00. The Labute approximate surface area is 328 Å². The van der Waals surface area contributed by atoms with Crippen molar-refractivity contribution in [2.75, 3.05) is 78.8 Å². The SMILES string of the molecule is CC[N+]1(CCCCCCCCCCCCOCCCCCCCCCCCCOCCCCCCCCCCCC[N+]2(CC)CCCC2)CCCC1. The van der Waals surface area contributed by atoms with Crippen LogP contribution < -0.4 is 0 Å². The lowest BCUT2D eigenvalue weighted by Crippen LogP contribution is -2.45. The van der Waals surface area contributed by atoms with Crippen molar-refractivity contribution in [1.82, 2.24) is 0 Å². The van der Waals surface area contributed by atoms with Gasteiger partial charge < -0.3 is 18.4 Å². The number of ether oxygens (including phenoxy) is 2. The largest absolute Gasteiger partial charge is 0.381 e. The Balaban J connectivity index is 1.13. The smallest absolute Gasteiger partial charge is 0.0788 e. The van der Waals surface area contributed by atoms with E-state index < -0.39 is 0 Å². The minimum Gasteiger partial charge on any atom is -0.381 e. The predicted molar refractivity (Wildman–Crippen MR) is 229 cm³/mol. The van der Waals surface area contributed by atoms with Gasteiger partial charge in [0.15, 0.2) is 0 Å². The van der Waals surface area contributed by atoms with Crippen LogP contribution in [0.2, 0.25) is 0 Å². The molecule has 0 aliphatic carbocycles. The molecule has 0 unspecified atom stereocenters. The van der Waals surface area contributed by atoms with Crippen LogP contribution in [0.15, 0.2) is 0 Å². The van der Waals surface area contributed by atoms with Gasteiger partial charge in [-0.1, -0.05) is 141 Å². The summed E-state index contributed by atoms with van der Waals surface area (Å²) in [6, 6.07) is 0. The van der Waals surface area contributed by atoms with Crippen molar-refractivity contribution in [3.8, 4) is 0 Å². The first-order valence-corrected chi connectivity index (χ1v) is 24.6. The second-order valence-electron chi connectivity index (χ2n) is 17.9. The maximum absolute atomic E-state index is 5.92. The third kappa shape index (κ3) is 26.6. The van der Waals surface area contributed by atoms with Gasteiger partial charge in [0.25, 0.3) is 0 Å². The van der Waals surface area contributed by atoms with E-state index in [1.54, 1.807) is 0 Å². The van der Waals surface area contributed by atoms with Crippen LogP contribution in [0.5, 0.6) is 0 Å². The average Bonchev–Trinajstić information content (AvgIpc) is 3.85. The molecule has 2 rings (SSSR count). The standard InChI is InChI=1S/C48H98N2O2/c1-3-49(41-31-32-42-49)39-29-23-17-11-5-7-13-19-25-35-45-51-47-37-27-21-15-9-10-16-22-28-38-48-52-46-36-26-20-14-8-6-12-18-24-30-40-50(4-2)43-33-34-44-50/h3-48H2,1-2H3/q+2. The van der Waals surface area contributed by atoms with Gasteiger partial charge >= 0.3 is 0 Å². The highest BCUT2D eigenvalue weighted by Gasteiger charge is 2.29. The summed E-state index contributed by atoms with van der Waals surface area (Å²) in [4.78, 5) is 0. The van der Waals surface area contributed by atoms with Crippen LogP contribution in [0.1, 0.15) is 232 Å². The number of hydrogen-bond donors (Lipinski definition) is 0. The van der Waals surface area contributed by atoms with Crippen molar-refractivity contribution in [3.05, 3.63) is 0 Å². The van der Waals surface area contributed by atoms with Crippen molar-refractivity contribution < 1.29 is 18.4 Å². The van der Waals surface area contributed by atoms with E-state index in [2.05, 4.69) is 13.8 Å². The van der Waals surface area contributed by atoms with Crippen LogP contribution in [0.25, 0.3) is 0 Å². The van der Waals surface area contributed by atoms with E-state index in [1.165, 1.54) is 280 Å². The Morgan fingerprint density at radius 1 is 0.269 bits per heavy atom. The first kappa shape index (κ1) is 48.0. The summed E-state index contributed by atoms with van der Waals surface area (Å²) in [5.74, 6) is 0. The summed E-state index contributed by atoms with van der Waals surface area (Å²) in [5.41, 5.74) is 0. The Hall–Kier alpha value is -0.160. The molecule has 310 valence electrons. The monoisotopic (exact) mass is 735 g/mol. The molecule has 2 saturated heterocycles. The summed E-state index contributed by atoms with van der Waals surface area (Å²) in [6.45, 7) is 20.2. The average molecular weight is 735 g/mol. The summed E-state index contributed by atoms with van der Waals surface area (Å²) >= 11 is 0. The Kier molecular flexibility index (Phi) is 32.5. The summed E-state index contributed by atoms with van der Waals surface area (Å²) < 4.78 is 14.7. The molecule has 2 fully saturated rings. The highest BCUT2D eigenvalue weighted by Crippen LogP contribution is 2.22. The molecule has 0 aromatic heterocycles. The summed E-state index contributed by atoms with van der Waals surface area (Å²) in [7, 11) is 0.